The van der Waals surface area contributed by atoms with Crippen LogP contribution in [0.15, 0.2) is 48.5 Å². The number of anilines is 1. The lowest BCUT2D eigenvalue weighted by Gasteiger charge is -2.22. The lowest BCUT2D eigenvalue weighted by atomic mass is 10.2. The van der Waals surface area contributed by atoms with Crippen LogP contribution in [0, 0.1) is 5.82 Å². The molecule has 0 aliphatic carbocycles. The first-order valence-corrected chi connectivity index (χ1v) is 9.57. The molecule has 1 aromatic heterocycles. The number of thiazole rings is 1. The minimum Gasteiger partial charge on any atom is -0.282 e. The number of rotatable bonds is 5. The minimum atomic E-state index is -0.461. The lowest BCUT2D eigenvalue weighted by molar-refractivity contribution is -0.141. The number of aromatic nitrogens is 1. The first-order chi connectivity index (χ1) is 13.5. The maximum atomic E-state index is 14.1. The third-order valence-electron chi connectivity index (χ3n) is 4.52. The van der Waals surface area contributed by atoms with Crippen molar-refractivity contribution < 1.29 is 18.8 Å². The first-order valence-electron chi connectivity index (χ1n) is 8.75. The highest BCUT2D eigenvalue weighted by molar-refractivity contribution is 7.22. The molecule has 0 saturated carbocycles. The van der Waals surface area contributed by atoms with Crippen LogP contribution in [0.3, 0.4) is 0 Å². The van der Waals surface area contributed by atoms with Crippen molar-refractivity contribution in [3.05, 3.63) is 59.9 Å². The van der Waals surface area contributed by atoms with E-state index in [1.807, 2.05) is 30.3 Å². The number of halogens is 1. The summed E-state index contributed by atoms with van der Waals surface area (Å²) in [4.78, 5) is 43.5. The molecule has 1 aliphatic rings. The van der Waals surface area contributed by atoms with E-state index < -0.39 is 11.7 Å². The van der Waals surface area contributed by atoms with Crippen LogP contribution in [0.2, 0.25) is 0 Å². The molecule has 0 spiro atoms. The van der Waals surface area contributed by atoms with Crippen molar-refractivity contribution in [3.63, 3.8) is 0 Å². The van der Waals surface area contributed by atoms with E-state index in [2.05, 4.69) is 4.98 Å². The van der Waals surface area contributed by atoms with Crippen molar-refractivity contribution in [2.75, 3.05) is 11.4 Å². The highest BCUT2D eigenvalue weighted by atomic mass is 32.1. The van der Waals surface area contributed by atoms with Crippen molar-refractivity contribution in [2.45, 2.75) is 19.4 Å². The van der Waals surface area contributed by atoms with Crippen molar-refractivity contribution in [2.24, 2.45) is 0 Å². The molecule has 4 rings (SSSR count). The van der Waals surface area contributed by atoms with E-state index in [9.17, 15) is 18.8 Å². The van der Waals surface area contributed by atoms with Crippen LogP contribution in [-0.4, -0.2) is 34.2 Å². The van der Waals surface area contributed by atoms with Crippen LogP contribution in [0.25, 0.3) is 10.2 Å². The summed E-state index contributed by atoms with van der Waals surface area (Å²) >= 11 is 1.19. The maximum Gasteiger partial charge on any atom is 0.249 e. The number of carbonyl (C=O) groups excluding carboxylic acids is 3. The summed E-state index contributed by atoms with van der Waals surface area (Å²) in [6, 6.07) is 13.9. The zero-order valence-electron chi connectivity index (χ0n) is 14.8. The van der Waals surface area contributed by atoms with Crippen LogP contribution in [0.4, 0.5) is 9.52 Å². The molecule has 3 aromatic rings. The normalized spacial score (nSPS) is 14.1. The Balaban J connectivity index is 1.68. The summed E-state index contributed by atoms with van der Waals surface area (Å²) in [5.74, 6) is -1.61. The molecule has 1 fully saturated rings. The molecule has 1 aliphatic heterocycles. The number of benzene rings is 2. The van der Waals surface area contributed by atoms with Gasteiger partial charge in [-0.1, -0.05) is 47.7 Å². The van der Waals surface area contributed by atoms with Gasteiger partial charge in [0, 0.05) is 12.8 Å². The van der Waals surface area contributed by atoms with Gasteiger partial charge in [0.15, 0.2) is 5.13 Å². The number of hydrogen-bond acceptors (Lipinski definition) is 5. The van der Waals surface area contributed by atoms with Crippen LogP contribution < -0.4 is 4.90 Å². The van der Waals surface area contributed by atoms with Crippen LogP contribution >= 0.6 is 11.3 Å². The summed E-state index contributed by atoms with van der Waals surface area (Å²) in [7, 11) is 0. The van der Waals surface area contributed by atoms with Crippen molar-refractivity contribution in [1.82, 2.24) is 9.88 Å². The molecule has 0 bridgehead atoms. The molecule has 0 unspecified atom stereocenters. The molecule has 2 heterocycles. The molecule has 0 atom stereocenters. The van der Waals surface area contributed by atoms with Gasteiger partial charge in [0.05, 0.1) is 11.2 Å². The summed E-state index contributed by atoms with van der Waals surface area (Å²) in [5, 5.41) is 0.327. The highest BCUT2D eigenvalue weighted by Gasteiger charge is 2.33. The molecule has 0 N–H and O–H groups in total. The zero-order chi connectivity index (χ0) is 19.7. The second-order valence-electron chi connectivity index (χ2n) is 6.42. The topological polar surface area (TPSA) is 70.6 Å². The first kappa shape index (κ1) is 18.2. The second kappa shape index (κ2) is 7.47. The van der Waals surface area contributed by atoms with Gasteiger partial charge in [-0.25, -0.2) is 9.37 Å². The molecule has 0 radical (unpaired) electrons. The van der Waals surface area contributed by atoms with Crippen LogP contribution in [0.1, 0.15) is 18.4 Å². The SMILES string of the molecule is O=C1CCC(=O)N1CC(=O)N(Cc1ccccc1)c1nc2c(F)cccc2s1. The molecule has 28 heavy (non-hydrogen) atoms. The second-order valence-corrected chi connectivity index (χ2v) is 7.43. The highest BCUT2D eigenvalue weighted by Crippen LogP contribution is 2.31. The van der Waals surface area contributed by atoms with Gasteiger partial charge >= 0.3 is 0 Å². The van der Waals surface area contributed by atoms with Gasteiger partial charge in [0.2, 0.25) is 17.7 Å². The van der Waals surface area contributed by atoms with E-state index in [4.69, 9.17) is 0 Å². The molecule has 2 aromatic carbocycles. The number of para-hydroxylation sites is 1. The van der Waals surface area contributed by atoms with E-state index in [0.717, 1.165) is 10.5 Å². The van der Waals surface area contributed by atoms with Crippen molar-refractivity contribution in [1.29, 1.82) is 0 Å². The monoisotopic (exact) mass is 397 g/mol. The van der Waals surface area contributed by atoms with Crippen LogP contribution in [0.5, 0.6) is 0 Å². The number of likely N-dealkylation sites (tertiary alicyclic amines) is 1. The van der Waals surface area contributed by atoms with Crippen LogP contribution in [-0.2, 0) is 20.9 Å². The lowest BCUT2D eigenvalue weighted by Crippen LogP contribution is -2.42. The fraction of sp³-hybridized carbons (Fsp3) is 0.200. The predicted molar refractivity (Wildman–Crippen MR) is 103 cm³/mol. The fourth-order valence-corrected chi connectivity index (χ4v) is 4.06. The number of imide groups is 1. The van der Waals surface area contributed by atoms with E-state index in [1.54, 1.807) is 12.1 Å². The third-order valence-corrected chi connectivity index (χ3v) is 5.57. The summed E-state index contributed by atoms with van der Waals surface area (Å²) in [6.45, 7) is -0.139. The van der Waals surface area contributed by atoms with Gasteiger partial charge in [-0.05, 0) is 17.7 Å². The number of carbonyl (C=O) groups is 3. The molecule has 1 saturated heterocycles. The Morgan fingerprint density at radius 2 is 1.79 bits per heavy atom. The number of fused-ring (bicyclic) bond motifs is 1. The largest absolute Gasteiger partial charge is 0.282 e. The summed E-state index contributed by atoms with van der Waals surface area (Å²) in [5.41, 5.74) is 1.05. The van der Waals surface area contributed by atoms with E-state index in [1.165, 1.54) is 22.3 Å². The molecular weight excluding hydrogens is 381 g/mol. The van der Waals surface area contributed by atoms with E-state index in [-0.39, 0.29) is 43.3 Å². The predicted octanol–water partition coefficient (Wildman–Crippen LogP) is 3.12. The van der Waals surface area contributed by atoms with Gasteiger partial charge in [0.25, 0.3) is 0 Å². The molecule has 3 amide bonds. The Labute approximate surface area is 164 Å². The smallest absolute Gasteiger partial charge is 0.249 e. The van der Waals surface area contributed by atoms with E-state index >= 15 is 0 Å². The average molecular weight is 397 g/mol. The Morgan fingerprint density at radius 1 is 1.07 bits per heavy atom. The standard InChI is InChI=1S/C20H16FN3O3S/c21-14-7-4-8-15-19(14)22-20(28-15)24(11-13-5-2-1-3-6-13)18(27)12-23-16(25)9-10-17(23)26/h1-8H,9-12H2. The van der Waals surface area contributed by atoms with Gasteiger partial charge in [-0.3, -0.25) is 24.2 Å². The molecule has 8 heteroatoms. The van der Waals surface area contributed by atoms with Gasteiger partial charge < -0.3 is 0 Å². The molecular formula is C20H16FN3O3S. The Bertz CT molecular complexity index is 1050. The molecule has 142 valence electrons. The van der Waals surface area contributed by atoms with E-state index in [0.29, 0.717) is 9.83 Å². The average Bonchev–Trinajstić information content (AvgIpc) is 3.26. The number of hydrogen-bond donors (Lipinski definition) is 0. The van der Waals surface area contributed by atoms with Crippen molar-refractivity contribution >= 4 is 44.4 Å². The third kappa shape index (κ3) is 3.50. The van der Waals surface area contributed by atoms with Gasteiger partial charge in [0.1, 0.15) is 17.9 Å². The Morgan fingerprint density at radius 3 is 2.46 bits per heavy atom. The summed E-state index contributed by atoms with van der Waals surface area (Å²) in [6.07, 6.45) is 0.244. The fourth-order valence-electron chi connectivity index (χ4n) is 3.07. The zero-order valence-corrected chi connectivity index (χ0v) is 15.6. The maximum absolute atomic E-state index is 14.1. The number of nitrogens with zero attached hydrogens (tertiary/aromatic N) is 3. The summed E-state index contributed by atoms with van der Waals surface area (Å²) < 4.78 is 14.7. The Hall–Kier alpha value is -3.13. The quantitative estimate of drug-likeness (QED) is 0.621. The minimum absolute atomic E-state index is 0.122. The Kier molecular flexibility index (Phi) is 4.87. The van der Waals surface area contributed by atoms with Gasteiger partial charge in [-0.15, -0.1) is 0 Å². The van der Waals surface area contributed by atoms with Crippen molar-refractivity contribution in [3.8, 4) is 0 Å². The molecule has 6 nitrogen and oxygen atoms in total. The number of amides is 3. The van der Waals surface area contributed by atoms with Gasteiger partial charge in [-0.2, -0.15) is 0 Å².